The molecule has 0 saturated heterocycles. The van der Waals surface area contributed by atoms with Gasteiger partial charge in [-0.1, -0.05) is 18.7 Å². The van der Waals surface area contributed by atoms with Gasteiger partial charge in [0.15, 0.2) is 5.16 Å². The Morgan fingerprint density at radius 3 is 2.59 bits per heavy atom. The van der Waals surface area contributed by atoms with Gasteiger partial charge in [-0.05, 0) is 43.0 Å². The number of hydrogen-bond acceptors (Lipinski definition) is 6. The molecule has 0 aliphatic heterocycles. The van der Waals surface area contributed by atoms with E-state index in [0.717, 1.165) is 11.3 Å². The topological polar surface area (TPSA) is 101 Å². The van der Waals surface area contributed by atoms with Crippen molar-refractivity contribution in [1.29, 1.82) is 0 Å². The number of anilines is 1. The first kappa shape index (κ1) is 19.1. The molecule has 0 radical (unpaired) electrons. The SMILES string of the molecule is CCc1cc2c(=O)n(CC(=O)Nc3ccc(C(=O)O)cc3)c(SC)nc2s1. The zero-order valence-corrected chi connectivity index (χ0v) is 16.3. The van der Waals surface area contributed by atoms with Crippen molar-refractivity contribution < 1.29 is 14.7 Å². The Labute approximate surface area is 163 Å². The normalized spacial score (nSPS) is 10.9. The zero-order valence-electron chi connectivity index (χ0n) is 14.7. The third kappa shape index (κ3) is 4.04. The van der Waals surface area contributed by atoms with E-state index in [0.29, 0.717) is 21.1 Å². The van der Waals surface area contributed by atoms with Gasteiger partial charge in [0.05, 0.1) is 10.9 Å². The molecule has 1 amide bonds. The van der Waals surface area contributed by atoms with Crippen molar-refractivity contribution in [2.45, 2.75) is 25.0 Å². The number of fused-ring (bicyclic) bond motifs is 1. The molecule has 0 spiro atoms. The summed E-state index contributed by atoms with van der Waals surface area (Å²) in [6.45, 7) is 1.84. The fourth-order valence-corrected chi connectivity index (χ4v) is 4.12. The predicted octanol–water partition coefficient (Wildman–Crippen LogP) is 3.08. The van der Waals surface area contributed by atoms with Crippen molar-refractivity contribution in [1.82, 2.24) is 9.55 Å². The maximum absolute atomic E-state index is 12.8. The number of amides is 1. The molecule has 9 heteroatoms. The van der Waals surface area contributed by atoms with E-state index in [-0.39, 0.29) is 23.6 Å². The second-order valence-electron chi connectivity index (χ2n) is 5.71. The van der Waals surface area contributed by atoms with Crippen LogP contribution >= 0.6 is 23.1 Å². The first-order valence-electron chi connectivity index (χ1n) is 8.13. The number of aromatic nitrogens is 2. The minimum Gasteiger partial charge on any atom is -0.478 e. The molecule has 27 heavy (non-hydrogen) atoms. The molecule has 0 fully saturated rings. The number of carboxylic acid groups (broad SMARTS) is 1. The molecule has 0 atom stereocenters. The number of thiophene rings is 1. The van der Waals surface area contributed by atoms with E-state index in [1.54, 1.807) is 6.26 Å². The number of thioether (sulfide) groups is 1. The van der Waals surface area contributed by atoms with Crippen molar-refractivity contribution in [3.63, 3.8) is 0 Å². The van der Waals surface area contributed by atoms with E-state index < -0.39 is 5.97 Å². The van der Waals surface area contributed by atoms with Crippen molar-refractivity contribution in [2.75, 3.05) is 11.6 Å². The average Bonchev–Trinajstić information content (AvgIpc) is 3.07. The first-order valence-corrected chi connectivity index (χ1v) is 10.2. The zero-order chi connectivity index (χ0) is 19.6. The molecular formula is C18H17N3O4S2. The van der Waals surface area contributed by atoms with E-state index in [4.69, 9.17) is 5.11 Å². The second kappa shape index (κ2) is 7.93. The highest BCUT2D eigenvalue weighted by molar-refractivity contribution is 7.98. The predicted molar refractivity (Wildman–Crippen MR) is 107 cm³/mol. The van der Waals surface area contributed by atoms with Crippen molar-refractivity contribution in [2.24, 2.45) is 0 Å². The Kier molecular flexibility index (Phi) is 5.62. The molecule has 7 nitrogen and oxygen atoms in total. The van der Waals surface area contributed by atoms with E-state index in [2.05, 4.69) is 10.3 Å². The molecule has 3 rings (SSSR count). The lowest BCUT2D eigenvalue weighted by molar-refractivity contribution is -0.116. The van der Waals surface area contributed by atoms with E-state index in [9.17, 15) is 14.4 Å². The van der Waals surface area contributed by atoms with Gasteiger partial charge in [-0.15, -0.1) is 11.3 Å². The van der Waals surface area contributed by atoms with Crippen LogP contribution in [0.1, 0.15) is 22.2 Å². The van der Waals surface area contributed by atoms with Crippen LogP contribution in [0.15, 0.2) is 40.3 Å². The number of aromatic carboxylic acids is 1. The molecule has 0 bridgehead atoms. The number of rotatable bonds is 6. The van der Waals surface area contributed by atoms with Crippen LogP contribution in [0, 0.1) is 0 Å². The highest BCUT2D eigenvalue weighted by atomic mass is 32.2. The summed E-state index contributed by atoms with van der Waals surface area (Å²) < 4.78 is 1.36. The van der Waals surface area contributed by atoms with Crippen molar-refractivity contribution >= 4 is 50.9 Å². The third-order valence-electron chi connectivity index (χ3n) is 3.92. The van der Waals surface area contributed by atoms with Crippen LogP contribution in [0.3, 0.4) is 0 Å². The standard InChI is InChI=1S/C18H17N3O4S2/c1-3-12-8-13-15(27-12)20-18(26-2)21(16(13)23)9-14(22)19-11-6-4-10(5-7-11)17(24)25/h4-8H,3,9H2,1-2H3,(H,19,22)(H,24,25). The fourth-order valence-electron chi connectivity index (χ4n) is 2.56. The summed E-state index contributed by atoms with van der Waals surface area (Å²) in [4.78, 5) is 42.4. The molecule has 2 N–H and O–H groups in total. The summed E-state index contributed by atoms with van der Waals surface area (Å²) in [6, 6.07) is 7.66. The summed E-state index contributed by atoms with van der Waals surface area (Å²) in [5.41, 5.74) is 0.353. The van der Waals surface area contributed by atoms with Gasteiger partial charge in [0, 0.05) is 10.6 Å². The lowest BCUT2D eigenvalue weighted by Crippen LogP contribution is -2.29. The molecule has 3 aromatic rings. The minimum absolute atomic E-state index is 0.132. The summed E-state index contributed by atoms with van der Waals surface area (Å²) >= 11 is 2.80. The van der Waals surface area contributed by atoms with Gasteiger partial charge >= 0.3 is 5.97 Å². The molecule has 1 aromatic carbocycles. The molecule has 0 unspecified atom stereocenters. The lowest BCUT2D eigenvalue weighted by Gasteiger charge is -2.11. The quantitative estimate of drug-likeness (QED) is 0.484. The number of carbonyl (C=O) groups excluding carboxylic acids is 1. The summed E-state index contributed by atoms with van der Waals surface area (Å²) in [5, 5.41) is 12.6. The van der Waals surface area contributed by atoms with Crippen LogP contribution in [0.25, 0.3) is 10.2 Å². The molecule has 0 aliphatic rings. The first-order chi connectivity index (χ1) is 12.9. The Morgan fingerprint density at radius 1 is 1.30 bits per heavy atom. The van der Waals surface area contributed by atoms with E-state index >= 15 is 0 Å². The summed E-state index contributed by atoms with van der Waals surface area (Å²) in [6.07, 6.45) is 2.63. The Balaban J connectivity index is 1.86. The highest BCUT2D eigenvalue weighted by Gasteiger charge is 2.16. The molecule has 0 aliphatic carbocycles. The van der Waals surface area contributed by atoms with Gasteiger partial charge in [0.25, 0.3) is 5.56 Å². The van der Waals surface area contributed by atoms with Crippen LogP contribution in [0.4, 0.5) is 5.69 Å². The maximum atomic E-state index is 12.8. The van der Waals surface area contributed by atoms with Gasteiger partial charge in [0.2, 0.25) is 5.91 Å². The molecular weight excluding hydrogens is 386 g/mol. The van der Waals surface area contributed by atoms with Crippen LogP contribution in [0.5, 0.6) is 0 Å². The van der Waals surface area contributed by atoms with Crippen LogP contribution in [-0.4, -0.2) is 32.8 Å². The van der Waals surface area contributed by atoms with Crippen LogP contribution in [-0.2, 0) is 17.8 Å². The Hall–Kier alpha value is -2.65. The van der Waals surface area contributed by atoms with E-state index in [1.165, 1.54) is 51.9 Å². The molecule has 2 heterocycles. The largest absolute Gasteiger partial charge is 0.478 e. The Bertz CT molecular complexity index is 1070. The monoisotopic (exact) mass is 403 g/mol. The van der Waals surface area contributed by atoms with Gasteiger partial charge in [-0.2, -0.15) is 0 Å². The molecule has 2 aromatic heterocycles. The van der Waals surface area contributed by atoms with Gasteiger partial charge in [-0.25, -0.2) is 9.78 Å². The summed E-state index contributed by atoms with van der Waals surface area (Å²) in [7, 11) is 0. The smallest absolute Gasteiger partial charge is 0.335 e. The van der Waals surface area contributed by atoms with Gasteiger partial charge < -0.3 is 10.4 Å². The van der Waals surface area contributed by atoms with Crippen LogP contribution < -0.4 is 10.9 Å². The number of nitrogens with one attached hydrogen (secondary N) is 1. The number of benzene rings is 1. The number of hydrogen-bond donors (Lipinski definition) is 2. The molecule has 0 saturated carbocycles. The van der Waals surface area contributed by atoms with Gasteiger partial charge in [0.1, 0.15) is 11.4 Å². The minimum atomic E-state index is -1.04. The number of nitrogens with zero attached hydrogens (tertiary/aromatic N) is 2. The number of aryl methyl sites for hydroxylation is 1. The maximum Gasteiger partial charge on any atom is 0.335 e. The third-order valence-corrected chi connectivity index (χ3v) is 5.77. The number of carboxylic acids is 1. The van der Waals surface area contributed by atoms with Crippen LogP contribution in [0.2, 0.25) is 0 Å². The van der Waals surface area contributed by atoms with Crippen molar-refractivity contribution in [3.8, 4) is 0 Å². The van der Waals surface area contributed by atoms with Gasteiger partial charge in [-0.3, -0.25) is 14.2 Å². The lowest BCUT2D eigenvalue weighted by atomic mass is 10.2. The number of carbonyl (C=O) groups is 2. The fraction of sp³-hybridized carbons (Fsp3) is 0.222. The Morgan fingerprint density at radius 2 is 2.00 bits per heavy atom. The summed E-state index contributed by atoms with van der Waals surface area (Å²) in [5.74, 6) is -1.42. The average molecular weight is 403 g/mol. The highest BCUT2D eigenvalue weighted by Crippen LogP contribution is 2.24. The van der Waals surface area contributed by atoms with E-state index in [1.807, 2.05) is 13.0 Å². The second-order valence-corrected chi connectivity index (χ2v) is 7.59. The van der Waals surface area contributed by atoms with Crippen molar-refractivity contribution in [3.05, 3.63) is 51.1 Å². The molecule has 140 valence electrons.